The molecular weight excluding hydrogens is 258 g/mol. The first-order valence-corrected chi connectivity index (χ1v) is 9.06. The van der Waals surface area contributed by atoms with E-state index in [1.807, 2.05) is 0 Å². The Hall–Kier alpha value is -0.830. The van der Waals surface area contributed by atoms with Gasteiger partial charge in [-0.3, -0.25) is 0 Å². The molecule has 0 saturated heterocycles. The Kier molecular flexibility index (Phi) is 4.68. The van der Waals surface area contributed by atoms with Crippen LogP contribution in [-0.2, 0) is 13.0 Å². The second-order valence-electron chi connectivity index (χ2n) is 6.96. The quantitative estimate of drug-likeness (QED) is 0.881. The van der Waals surface area contributed by atoms with Gasteiger partial charge in [0.25, 0.3) is 0 Å². The maximum Gasteiger partial charge on any atom is 0.112 e. The SMILES string of the molecule is CCC(CC)C(C)n1c(C2CCCC2)nc2c1CCNC2. The average Bonchev–Trinajstić information content (AvgIpc) is 3.15. The number of hydrogen-bond acceptors (Lipinski definition) is 2. The van der Waals surface area contributed by atoms with Gasteiger partial charge in [-0.1, -0.05) is 39.5 Å². The van der Waals surface area contributed by atoms with Crippen LogP contribution >= 0.6 is 0 Å². The number of rotatable bonds is 5. The van der Waals surface area contributed by atoms with Crippen molar-refractivity contribution in [2.45, 2.75) is 84.2 Å². The molecule has 21 heavy (non-hydrogen) atoms. The van der Waals surface area contributed by atoms with Crippen LogP contribution in [0.15, 0.2) is 0 Å². The zero-order valence-electron chi connectivity index (χ0n) is 14.0. The molecule has 118 valence electrons. The largest absolute Gasteiger partial charge is 0.328 e. The van der Waals surface area contributed by atoms with Crippen molar-refractivity contribution < 1.29 is 0 Å². The molecule has 0 amide bonds. The summed E-state index contributed by atoms with van der Waals surface area (Å²) in [6, 6.07) is 0.602. The molecule has 1 atom stereocenters. The molecular formula is C18H31N3. The van der Waals surface area contributed by atoms with Crippen LogP contribution in [0.5, 0.6) is 0 Å². The van der Waals surface area contributed by atoms with E-state index in [2.05, 4.69) is 30.7 Å². The third-order valence-electron chi connectivity index (χ3n) is 5.81. The van der Waals surface area contributed by atoms with Crippen LogP contribution in [0.25, 0.3) is 0 Å². The summed E-state index contributed by atoms with van der Waals surface area (Å²) in [7, 11) is 0. The fourth-order valence-electron chi connectivity index (χ4n) is 4.46. The van der Waals surface area contributed by atoms with Gasteiger partial charge in [-0.2, -0.15) is 0 Å². The van der Waals surface area contributed by atoms with E-state index in [-0.39, 0.29) is 0 Å². The van der Waals surface area contributed by atoms with Crippen molar-refractivity contribution in [2.75, 3.05) is 6.54 Å². The van der Waals surface area contributed by atoms with Crippen LogP contribution in [0, 0.1) is 5.92 Å². The molecule has 3 heteroatoms. The van der Waals surface area contributed by atoms with Gasteiger partial charge in [0.15, 0.2) is 0 Å². The van der Waals surface area contributed by atoms with Crippen LogP contribution in [0.4, 0.5) is 0 Å². The van der Waals surface area contributed by atoms with Crippen LogP contribution < -0.4 is 5.32 Å². The molecule has 0 aromatic carbocycles. The number of nitrogens with zero attached hydrogens (tertiary/aromatic N) is 2. The predicted molar refractivity (Wildman–Crippen MR) is 87.6 cm³/mol. The summed E-state index contributed by atoms with van der Waals surface area (Å²) < 4.78 is 2.67. The first kappa shape index (κ1) is 15.1. The zero-order valence-corrected chi connectivity index (χ0v) is 14.0. The molecule has 1 saturated carbocycles. The van der Waals surface area contributed by atoms with Gasteiger partial charge in [-0.25, -0.2) is 4.98 Å². The van der Waals surface area contributed by atoms with Crippen LogP contribution in [-0.4, -0.2) is 16.1 Å². The van der Waals surface area contributed by atoms with Gasteiger partial charge in [0.1, 0.15) is 5.82 Å². The van der Waals surface area contributed by atoms with E-state index in [1.54, 1.807) is 0 Å². The van der Waals surface area contributed by atoms with Crippen LogP contribution in [0.1, 0.15) is 88.5 Å². The number of nitrogens with one attached hydrogen (secondary N) is 1. The van der Waals surface area contributed by atoms with Crippen LogP contribution in [0.2, 0.25) is 0 Å². The maximum atomic E-state index is 5.11. The van der Waals surface area contributed by atoms with Crippen LogP contribution in [0.3, 0.4) is 0 Å². The third-order valence-corrected chi connectivity index (χ3v) is 5.81. The lowest BCUT2D eigenvalue weighted by Gasteiger charge is -2.29. The van der Waals surface area contributed by atoms with Crippen molar-refractivity contribution in [2.24, 2.45) is 5.92 Å². The molecule has 3 nitrogen and oxygen atoms in total. The Labute approximate surface area is 129 Å². The van der Waals surface area contributed by atoms with Crippen molar-refractivity contribution >= 4 is 0 Å². The third kappa shape index (κ3) is 2.77. The van der Waals surface area contributed by atoms with Gasteiger partial charge in [0, 0.05) is 37.2 Å². The van der Waals surface area contributed by atoms with Gasteiger partial charge in [0.2, 0.25) is 0 Å². The molecule has 1 unspecified atom stereocenters. The summed E-state index contributed by atoms with van der Waals surface area (Å²) in [5.41, 5.74) is 2.87. The van der Waals surface area contributed by atoms with Gasteiger partial charge in [0.05, 0.1) is 5.69 Å². The topological polar surface area (TPSA) is 29.9 Å². The maximum absolute atomic E-state index is 5.11. The summed E-state index contributed by atoms with van der Waals surface area (Å²) in [6.45, 7) is 9.19. The van der Waals surface area contributed by atoms with Crippen molar-refractivity contribution in [1.29, 1.82) is 0 Å². The predicted octanol–water partition coefficient (Wildman–Crippen LogP) is 4.18. The first-order chi connectivity index (χ1) is 10.3. The number of imidazole rings is 1. The molecule has 2 heterocycles. The lowest BCUT2D eigenvalue weighted by molar-refractivity contribution is 0.314. The second kappa shape index (κ2) is 6.51. The Bertz CT molecular complexity index is 467. The molecule has 1 aliphatic heterocycles. The molecule has 2 aliphatic rings. The lowest BCUT2D eigenvalue weighted by atomic mass is 9.94. The molecule has 0 spiro atoms. The summed E-state index contributed by atoms with van der Waals surface area (Å²) >= 11 is 0. The second-order valence-corrected chi connectivity index (χ2v) is 6.96. The number of fused-ring (bicyclic) bond motifs is 1. The molecule has 0 radical (unpaired) electrons. The molecule has 1 fully saturated rings. The fraction of sp³-hybridized carbons (Fsp3) is 0.833. The summed E-state index contributed by atoms with van der Waals surface area (Å²) in [5.74, 6) is 2.91. The lowest BCUT2D eigenvalue weighted by Crippen LogP contribution is -2.27. The molecule has 1 aromatic rings. The van der Waals surface area contributed by atoms with Crippen molar-refractivity contribution in [3.63, 3.8) is 0 Å². The normalized spacial score (nSPS) is 21.0. The van der Waals surface area contributed by atoms with Gasteiger partial charge in [-0.05, 0) is 25.7 Å². The Morgan fingerprint density at radius 1 is 1.24 bits per heavy atom. The van der Waals surface area contributed by atoms with E-state index in [9.17, 15) is 0 Å². The highest BCUT2D eigenvalue weighted by atomic mass is 15.1. The van der Waals surface area contributed by atoms with Crippen molar-refractivity contribution in [3.8, 4) is 0 Å². The molecule has 3 rings (SSSR count). The average molecular weight is 289 g/mol. The minimum atomic E-state index is 0.602. The molecule has 1 N–H and O–H groups in total. The van der Waals surface area contributed by atoms with E-state index < -0.39 is 0 Å². The number of aromatic nitrogens is 2. The highest BCUT2D eigenvalue weighted by Gasteiger charge is 2.30. The van der Waals surface area contributed by atoms with E-state index in [1.165, 1.54) is 55.7 Å². The smallest absolute Gasteiger partial charge is 0.112 e. The van der Waals surface area contributed by atoms with Gasteiger partial charge < -0.3 is 9.88 Å². The Morgan fingerprint density at radius 2 is 1.95 bits per heavy atom. The summed E-state index contributed by atoms with van der Waals surface area (Å²) in [6.07, 6.45) is 9.16. The van der Waals surface area contributed by atoms with E-state index in [0.717, 1.165) is 25.4 Å². The van der Waals surface area contributed by atoms with Crippen molar-refractivity contribution in [3.05, 3.63) is 17.2 Å². The van der Waals surface area contributed by atoms with Gasteiger partial charge >= 0.3 is 0 Å². The van der Waals surface area contributed by atoms with E-state index in [0.29, 0.717) is 12.0 Å². The van der Waals surface area contributed by atoms with Crippen molar-refractivity contribution in [1.82, 2.24) is 14.9 Å². The minimum Gasteiger partial charge on any atom is -0.328 e. The Morgan fingerprint density at radius 3 is 2.62 bits per heavy atom. The standard InChI is InChI=1S/C18H31N3/c1-4-14(5-2)13(3)21-17-10-11-19-12-16(17)20-18(21)15-8-6-7-9-15/h13-15,19H,4-12H2,1-3H3. The molecule has 0 bridgehead atoms. The molecule has 1 aliphatic carbocycles. The zero-order chi connectivity index (χ0) is 14.8. The first-order valence-electron chi connectivity index (χ1n) is 9.06. The molecule has 1 aromatic heterocycles. The minimum absolute atomic E-state index is 0.602. The summed E-state index contributed by atoms with van der Waals surface area (Å²) in [4.78, 5) is 5.11. The van der Waals surface area contributed by atoms with Gasteiger partial charge in [-0.15, -0.1) is 0 Å². The van der Waals surface area contributed by atoms with E-state index in [4.69, 9.17) is 4.98 Å². The summed E-state index contributed by atoms with van der Waals surface area (Å²) in [5, 5.41) is 3.49. The monoisotopic (exact) mass is 289 g/mol. The Balaban J connectivity index is 2.00. The highest BCUT2D eigenvalue weighted by Crippen LogP contribution is 2.38. The van der Waals surface area contributed by atoms with E-state index >= 15 is 0 Å². The fourth-order valence-corrected chi connectivity index (χ4v) is 4.46. The highest BCUT2D eigenvalue weighted by molar-refractivity contribution is 5.23. The number of hydrogen-bond donors (Lipinski definition) is 1.